The molecular weight excluding hydrogens is 879 g/mol. The minimum Gasteiger partial charge on any atom is -0.497 e. The summed E-state index contributed by atoms with van der Waals surface area (Å²) in [5.74, 6) is -2.44. The van der Waals surface area contributed by atoms with Crippen molar-refractivity contribution in [2.24, 2.45) is 5.41 Å². The summed E-state index contributed by atoms with van der Waals surface area (Å²) >= 11 is 1.44. The number of carboxylic acid groups (broad SMARTS) is 1. The Morgan fingerprint density at radius 1 is 0.940 bits per heavy atom. The lowest BCUT2D eigenvalue weighted by molar-refractivity contribution is -0.144. The molecule has 67 heavy (non-hydrogen) atoms. The number of carbonyl (C=O) groups is 6. The lowest BCUT2D eigenvalue weighted by atomic mass is 9.88. The van der Waals surface area contributed by atoms with Gasteiger partial charge in [-0.05, 0) is 70.2 Å². The van der Waals surface area contributed by atoms with Crippen LogP contribution in [0.25, 0.3) is 22.3 Å². The Bertz CT molecular complexity index is 2500. The maximum absolute atomic E-state index is 14.9. The highest BCUT2D eigenvalue weighted by Gasteiger charge is 2.45. The summed E-state index contributed by atoms with van der Waals surface area (Å²) in [5.41, 5.74) is 1.49. The van der Waals surface area contributed by atoms with E-state index in [2.05, 4.69) is 16.0 Å². The Morgan fingerprint density at radius 3 is 2.36 bits per heavy atom. The molecule has 7 rings (SSSR count). The molecule has 1 saturated heterocycles. The molecule has 3 aliphatic rings. The van der Waals surface area contributed by atoms with Crippen LogP contribution in [-0.4, -0.2) is 117 Å². The van der Waals surface area contributed by atoms with Gasteiger partial charge in [-0.2, -0.15) is 0 Å². The number of thiazole rings is 1. The number of imide groups is 1. The van der Waals surface area contributed by atoms with Crippen molar-refractivity contribution in [3.63, 3.8) is 0 Å². The molecule has 0 unspecified atom stereocenters. The number of rotatable bonds is 11. The van der Waals surface area contributed by atoms with Crippen molar-refractivity contribution in [1.82, 2.24) is 30.4 Å². The molecule has 5 atom stereocenters. The summed E-state index contributed by atoms with van der Waals surface area (Å²) in [4.78, 5) is 94.4. The average molecular weight is 938 g/mol. The fraction of sp³-hybridized carbons (Fsp3) is 0.469. The van der Waals surface area contributed by atoms with E-state index in [-0.39, 0.29) is 49.5 Å². The van der Waals surface area contributed by atoms with E-state index >= 15 is 0 Å². The van der Waals surface area contributed by atoms with Crippen molar-refractivity contribution < 1.29 is 48.1 Å². The summed E-state index contributed by atoms with van der Waals surface area (Å²) < 4.78 is 18.2. The van der Waals surface area contributed by atoms with Crippen molar-refractivity contribution >= 4 is 63.1 Å². The van der Waals surface area contributed by atoms with Crippen LogP contribution in [0.1, 0.15) is 107 Å². The first-order valence-corrected chi connectivity index (χ1v) is 23.7. The maximum atomic E-state index is 14.9. The van der Waals surface area contributed by atoms with Crippen LogP contribution in [0.15, 0.2) is 66.1 Å². The number of amides is 5. The molecule has 0 radical (unpaired) electrons. The standard InChI is InChI=1S/C49H59N7O10S/c1-28(2)50-47-53-38(27-67-47)37-24-40(33-21-20-29(64-6)22-36(33)51-37)65-30-23-39-42(57)52-35(46(61)62)19-13-11-9-7-8-10-12-18-34(45(60)55(39)25-30)54-48(63)66-41(49(3,4)5)26-56-43(58)31-16-14-15-17-32(31)44(56)59/h9,11,14-17,20-22,24,27-28,30,34-35,39,41H,7-8,10,12-13,18-19,23,25-26H2,1-6H3,(H,50,53)(H,52,57)(H,54,63)(H,61,62)/b11-9-/t30-,34+,35+,39+,41-/m1/s1. The molecule has 3 aliphatic heterocycles. The van der Waals surface area contributed by atoms with Crippen LogP contribution in [-0.2, 0) is 19.1 Å². The lowest BCUT2D eigenvalue weighted by Crippen LogP contribution is -2.56. The minimum atomic E-state index is -1.22. The number of benzene rings is 2. The Balaban J connectivity index is 1.18. The first-order valence-electron chi connectivity index (χ1n) is 22.8. The smallest absolute Gasteiger partial charge is 0.408 e. The normalized spacial score (nSPS) is 21.7. The van der Waals surface area contributed by atoms with Crippen molar-refractivity contribution in [2.75, 3.05) is 25.5 Å². The number of hydrogen-bond donors (Lipinski definition) is 4. The molecule has 356 valence electrons. The highest BCUT2D eigenvalue weighted by atomic mass is 32.1. The molecule has 0 aliphatic carbocycles. The van der Waals surface area contributed by atoms with Gasteiger partial charge in [0, 0.05) is 40.8 Å². The van der Waals surface area contributed by atoms with Crippen molar-refractivity contribution in [2.45, 2.75) is 122 Å². The number of fused-ring (bicyclic) bond motifs is 3. The fourth-order valence-corrected chi connectivity index (χ4v) is 9.28. The number of nitrogens with one attached hydrogen (secondary N) is 3. The molecule has 17 nitrogen and oxygen atoms in total. The van der Waals surface area contributed by atoms with Crippen molar-refractivity contribution in [3.05, 3.63) is 77.2 Å². The van der Waals surface area contributed by atoms with E-state index in [0.717, 1.165) is 29.3 Å². The van der Waals surface area contributed by atoms with Gasteiger partial charge in [0.2, 0.25) is 11.8 Å². The third-order valence-electron chi connectivity index (χ3n) is 12.1. The molecule has 2 aromatic heterocycles. The second-order valence-electron chi connectivity index (χ2n) is 18.5. The molecule has 5 amide bonds. The molecule has 0 spiro atoms. The summed E-state index contributed by atoms with van der Waals surface area (Å²) in [6, 6.07) is 10.3. The van der Waals surface area contributed by atoms with Crippen LogP contribution < -0.4 is 25.4 Å². The van der Waals surface area contributed by atoms with Gasteiger partial charge in [0.05, 0.1) is 42.5 Å². The van der Waals surface area contributed by atoms with Crippen LogP contribution in [0.3, 0.4) is 0 Å². The highest BCUT2D eigenvalue weighted by Crippen LogP contribution is 2.36. The molecule has 0 saturated carbocycles. The van der Waals surface area contributed by atoms with Gasteiger partial charge < -0.3 is 40.2 Å². The third-order valence-corrected chi connectivity index (χ3v) is 12.9. The Hall–Kier alpha value is -6.56. The first kappa shape index (κ1) is 48.4. The van der Waals surface area contributed by atoms with E-state index in [0.29, 0.717) is 46.6 Å². The van der Waals surface area contributed by atoms with E-state index in [9.17, 15) is 33.9 Å². The summed E-state index contributed by atoms with van der Waals surface area (Å²) in [6.45, 7) is 9.19. The van der Waals surface area contributed by atoms with Gasteiger partial charge in [-0.1, -0.05) is 57.9 Å². The summed E-state index contributed by atoms with van der Waals surface area (Å²) in [5, 5.41) is 22.2. The van der Waals surface area contributed by atoms with E-state index in [1.165, 1.54) is 16.2 Å². The van der Waals surface area contributed by atoms with Gasteiger partial charge in [0.1, 0.15) is 47.5 Å². The largest absolute Gasteiger partial charge is 0.497 e. The lowest BCUT2D eigenvalue weighted by Gasteiger charge is -2.34. The predicted molar refractivity (Wildman–Crippen MR) is 252 cm³/mol. The number of alkyl carbamates (subject to hydrolysis) is 1. The Kier molecular flexibility index (Phi) is 15.1. The second kappa shape index (κ2) is 20.9. The Morgan fingerprint density at radius 2 is 1.67 bits per heavy atom. The van der Waals surface area contributed by atoms with E-state index < -0.39 is 71.4 Å². The average Bonchev–Trinajstić information content (AvgIpc) is 3.99. The zero-order valence-electron chi connectivity index (χ0n) is 38.7. The van der Waals surface area contributed by atoms with Gasteiger partial charge >= 0.3 is 12.1 Å². The number of carbonyl (C=O) groups excluding carboxylic acids is 5. The summed E-state index contributed by atoms with van der Waals surface area (Å²) in [6.07, 6.45) is 4.79. The molecule has 4 N–H and O–H groups in total. The van der Waals surface area contributed by atoms with Crippen LogP contribution in [0.4, 0.5) is 9.93 Å². The van der Waals surface area contributed by atoms with Crippen LogP contribution in [0.2, 0.25) is 0 Å². The number of methoxy groups -OCH3 is 1. The van der Waals surface area contributed by atoms with Crippen molar-refractivity contribution in [3.8, 4) is 22.9 Å². The van der Waals surface area contributed by atoms with E-state index in [1.807, 2.05) is 58.2 Å². The molecule has 18 heteroatoms. The molecule has 4 aromatic rings. The van der Waals surface area contributed by atoms with Gasteiger partial charge in [-0.3, -0.25) is 24.1 Å². The van der Waals surface area contributed by atoms with Gasteiger partial charge in [-0.25, -0.2) is 19.6 Å². The second-order valence-corrected chi connectivity index (χ2v) is 19.4. The topological polar surface area (TPSA) is 219 Å². The number of aromatic nitrogens is 2. The first-order chi connectivity index (χ1) is 32.0. The molecule has 2 aromatic carbocycles. The molecular formula is C49H59N7O10S. The fourth-order valence-electron chi connectivity index (χ4n) is 8.42. The zero-order valence-corrected chi connectivity index (χ0v) is 39.5. The van der Waals surface area contributed by atoms with Gasteiger partial charge in [0.25, 0.3) is 11.8 Å². The number of anilines is 1. The monoisotopic (exact) mass is 937 g/mol. The molecule has 5 heterocycles. The summed E-state index contributed by atoms with van der Waals surface area (Å²) in [7, 11) is 1.56. The quantitative estimate of drug-likeness (QED) is 0.0864. The van der Waals surface area contributed by atoms with Crippen LogP contribution in [0, 0.1) is 5.41 Å². The van der Waals surface area contributed by atoms with Gasteiger partial charge in [-0.15, -0.1) is 11.3 Å². The molecule has 1 fully saturated rings. The maximum Gasteiger partial charge on any atom is 0.408 e. The Labute approximate surface area is 393 Å². The number of allylic oxidation sites excluding steroid dienone is 2. The van der Waals surface area contributed by atoms with E-state index in [1.54, 1.807) is 49.6 Å². The third kappa shape index (κ3) is 11.5. The predicted octanol–water partition coefficient (Wildman–Crippen LogP) is 7.21. The number of hydrogen-bond acceptors (Lipinski definition) is 13. The van der Waals surface area contributed by atoms with Crippen LogP contribution in [0.5, 0.6) is 11.5 Å². The molecule has 0 bridgehead atoms. The number of carboxylic acids is 1. The SMILES string of the molecule is COc1ccc2c(O[C@@H]3C[C@H]4C(=O)N[C@H](C(=O)O)CC/C=C\CCCCC[C@H](NC(=O)O[C@H](CN5C(=O)c6ccccc6C5=O)C(C)(C)C)C(=O)N4C3)cc(-c3csc(NC(C)C)n3)nc2c1. The highest BCUT2D eigenvalue weighted by molar-refractivity contribution is 7.14. The minimum absolute atomic E-state index is 0.00181. The number of ether oxygens (including phenoxy) is 3. The van der Waals surface area contributed by atoms with Gasteiger partial charge in [0.15, 0.2) is 5.13 Å². The van der Waals surface area contributed by atoms with Crippen molar-refractivity contribution in [1.29, 1.82) is 0 Å². The number of aliphatic carboxylic acids is 1. The van der Waals surface area contributed by atoms with E-state index in [4.69, 9.17) is 24.2 Å². The van der Waals surface area contributed by atoms with Crippen LogP contribution >= 0.6 is 11.3 Å². The zero-order chi connectivity index (χ0) is 48.0. The number of nitrogens with zero attached hydrogens (tertiary/aromatic N) is 4. The number of pyridine rings is 1.